The van der Waals surface area contributed by atoms with Gasteiger partial charge in [-0.2, -0.15) is 0 Å². The summed E-state index contributed by atoms with van der Waals surface area (Å²) in [4.78, 5) is 4.59. The van der Waals surface area contributed by atoms with Crippen LogP contribution in [0.15, 0.2) is 48.5 Å². The summed E-state index contributed by atoms with van der Waals surface area (Å²) in [6.45, 7) is 4.50. The van der Waals surface area contributed by atoms with E-state index in [1.165, 1.54) is 0 Å². The summed E-state index contributed by atoms with van der Waals surface area (Å²) in [5, 5.41) is 10.3. The second-order valence-electron chi connectivity index (χ2n) is 6.49. The highest BCUT2D eigenvalue weighted by atomic mass is 16.5. The molecule has 6 nitrogen and oxygen atoms in total. The van der Waals surface area contributed by atoms with Crippen LogP contribution in [0.2, 0.25) is 0 Å². The van der Waals surface area contributed by atoms with Crippen molar-refractivity contribution in [2.45, 2.75) is 6.10 Å². The Morgan fingerprint density at radius 1 is 1.04 bits per heavy atom. The molecule has 0 radical (unpaired) electrons. The molecule has 1 unspecified atom stereocenters. The number of aliphatic hydroxyl groups excluding tert-OH is 1. The molecule has 1 aliphatic heterocycles. The molecular formula is C20H27N3O3. The maximum atomic E-state index is 10.3. The van der Waals surface area contributed by atoms with Gasteiger partial charge in [0.25, 0.3) is 0 Å². The maximum Gasteiger partial charge on any atom is 0.142 e. The van der Waals surface area contributed by atoms with Gasteiger partial charge < -0.3 is 25.2 Å². The van der Waals surface area contributed by atoms with E-state index < -0.39 is 6.10 Å². The maximum absolute atomic E-state index is 10.3. The minimum atomic E-state index is -0.523. The van der Waals surface area contributed by atoms with Gasteiger partial charge in [0.15, 0.2) is 0 Å². The lowest BCUT2D eigenvalue weighted by Gasteiger charge is -2.37. The molecule has 0 aliphatic carbocycles. The SMILES string of the molecule is COc1ccccc1N1CCN(CC(O)COc2ccc(N)cc2)CC1. The van der Waals surface area contributed by atoms with E-state index >= 15 is 0 Å². The van der Waals surface area contributed by atoms with Gasteiger partial charge in [0, 0.05) is 38.4 Å². The predicted octanol–water partition coefficient (Wildman–Crippen LogP) is 1.84. The molecule has 0 saturated carbocycles. The molecule has 1 saturated heterocycles. The Labute approximate surface area is 154 Å². The van der Waals surface area contributed by atoms with Gasteiger partial charge in [0.2, 0.25) is 0 Å². The first-order chi connectivity index (χ1) is 12.7. The number of β-amino-alcohol motifs (C(OH)–C–C–N with tert-alkyl or cyclic N) is 1. The van der Waals surface area contributed by atoms with E-state index in [9.17, 15) is 5.11 Å². The Morgan fingerprint density at radius 3 is 2.42 bits per heavy atom. The van der Waals surface area contributed by atoms with Crippen LogP contribution >= 0.6 is 0 Å². The highest BCUT2D eigenvalue weighted by Gasteiger charge is 2.21. The van der Waals surface area contributed by atoms with E-state index in [0.29, 0.717) is 12.2 Å². The number of para-hydroxylation sites is 2. The Bertz CT molecular complexity index is 685. The largest absolute Gasteiger partial charge is 0.495 e. The number of rotatable bonds is 7. The molecule has 0 spiro atoms. The third kappa shape index (κ3) is 4.80. The van der Waals surface area contributed by atoms with Crippen molar-refractivity contribution in [2.75, 3.05) is 57.1 Å². The third-order valence-corrected chi connectivity index (χ3v) is 4.59. The number of anilines is 2. The Morgan fingerprint density at radius 2 is 1.73 bits per heavy atom. The highest BCUT2D eigenvalue weighted by molar-refractivity contribution is 5.58. The molecule has 6 heteroatoms. The standard InChI is InChI=1S/C20H27N3O3/c1-25-20-5-3-2-4-19(20)23-12-10-22(11-13-23)14-17(24)15-26-18-8-6-16(21)7-9-18/h2-9,17,24H,10-15,21H2,1H3. The second-order valence-corrected chi connectivity index (χ2v) is 6.49. The number of benzene rings is 2. The van der Waals surface area contributed by atoms with Crippen LogP contribution in [0.1, 0.15) is 0 Å². The first-order valence-corrected chi connectivity index (χ1v) is 8.92. The van der Waals surface area contributed by atoms with E-state index in [1.54, 1.807) is 19.2 Å². The molecule has 2 aromatic carbocycles. The van der Waals surface area contributed by atoms with Crippen LogP contribution in [-0.4, -0.2) is 62.6 Å². The predicted molar refractivity (Wildman–Crippen MR) is 104 cm³/mol. The average Bonchev–Trinajstić information content (AvgIpc) is 2.68. The van der Waals surface area contributed by atoms with Crippen LogP contribution in [-0.2, 0) is 0 Å². The van der Waals surface area contributed by atoms with Gasteiger partial charge in [-0.3, -0.25) is 4.90 Å². The molecule has 2 aromatic rings. The van der Waals surface area contributed by atoms with E-state index in [2.05, 4.69) is 15.9 Å². The fourth-order valence-electron chi connectivity index (χ4n) is 3.17. The molecular weight excluding hydrogens is 330 g/mol. The van der Waals surface area contributed by atoms with Crippen LogP contribution < -0.4 is 20.1 Å². The number of hydrogen-bond acceptors (Lipinski definition) is 6. The van der Waals surface area contributed by atoms with Gasteiger partial charge in [0.1, 0.15) is 24.2 Å². The van der Waals surface area contributed by atoms with Gasteiger partial charge in [-0.05, 0) is 36.4 Å². The number of aliphatic hydroxyl groups is 1. The normalized spacial score (nSPS) is 16.3. The minimum absolute atomic E-state index is 0.274. The molecule has 0 bridgehead atoms. The highest BCUT2D eigenvalue weighted by Crippen LogP contribution is 2.28. The summed E-state index contributed by atoms with van der Waals surface area (Å²) in [5.74, 6) is 1.62. The third-order valence-electron chi connectivity index (χ3n) is 4.59. The summed E-state index contributed by atoms with van der Waals surface area (Å²) in [5.41, 5.74) is 7.48. The molecule has 1 atom stereocenters. The zero-order chi connectivity index (χ0) is 18.4. The lowest BCUT2D eigenvalue weighted by molar-refractivity contribution is 0.0663. The number of piperazine rings is 1. The van der Waals surface area contributed by atoms with Crippen molar-refractivity contribution in [3.05, 3.63) is 48.5 Å². The fraction of sp³-hybridized carbons (Fsp3) is 0.400. The summed E-state index contributed by atoms with van der Waals surface area (Å²) < 4.78 is 11.1. The summed E-state index contributed by atoms with van der Waals surface area (Å²) in [7, 11) is 1.70. The monoisotopic (exact) mass is 357 g/mol. The molecule has 1 aliphatic rings. The molecule has 3 rings (SSSR count). The van der Waals surface area contributed by atoms with Crippen molar-refractivity contribution >= 4 is 11.4 Å². The van der Waals surface area contributed by atoms with Crippen molar-refractivity contribution in [2.24, 2.45) is 0 Å². The van der Waals surface area contributed by atoms with Gasteiger partial charge in [-0.15, -0.1) is 0 Å². The van der Waals surface area contributed by atoms with Crippen LogP contribution in [0.3, 0.4) is 0 Å². The van der Waals surface area contributed by atoms with E-state index in [-0.39, 0.29) is 6.61 Å². The topological polar surface area (TPSA) is 71.2 Å². The summed E-state index contributed by atoms with van der Waals surface area (Å²) in [6, 6.07) is 15.3. The van der Waals surface area contributed by atoms with E-state index in [0.717, 1.165) is 43.4 Å². The Kier molecular flexibility index (Phi) is 6.20. The van der Waals surface area contributed by atoms with Gasteiger partial charge in [-0.1, -0.05) is 12.1 Å². The van der Waals surface area contributed by atoms with Crippen LogP contribution in [0.25, 0.3) is 0 Å². The molecule has 0 aromatic heterocycles. The number of ether oxygens (including phenoxy) is 2. The molecule has 26 heavy (non-hydrogen) atoms. The Hall–Kier alpha value is -2.44. The van der Waals surface area contributed by atoms with Crippen molar-refractivity contribution < 1.29 is 14.6 Å². The van der Waals surface area contributed by atoms with Crippen LogP contribution in [0, 0.1) is 0 Å². The summed E-state index contributed by atoms with van der Waals surface area (Å²) in [6.07, 6.45) is -0.523. The number of nitrogens with two attached hydrogens (primary N) is 1. The lowest BCUT2D eigenvalue weighted by Crippen LogP contribution is -2.49. The van der Waals surface area contributed by atoms with Crippen molar-refractivity contribution in [1.82, 2.24) is 4.90 Å². The van der Waals surface area contributed by atoms with E-state index in [1.807, 2.05) is 30.3 Å². The molecule has 1 fully saturated rings. The zero-order valence-corrected chi connectivity index (χ0v) is 15.2. The fourth-order valence-corrected chi connectivity index (χ4v) is 3.17. The number of nitrogens with zero attached hydrogens (tertiary/aromatic N) is 2. The first-order valence-electron chi connectivity index (χ1n) is 8.92. The average molecular weight is 357 g/mol. The smallest absolute Gasteiger partial charge is 0.142 e. The van der Waals surface area contributed by atoms with Gasteiger partial charge in [-0.25, -0.2) is 0 Å². The molecule has 140 valence electrons. The number of methoxy groups -OCH3 is 1. The molecule has 0 amide bonds. The zero-order valence-electron chi connectivity index (χ0n) is 15.2. The number of nitrogen functional groups attached to an aromatic ring is 1. The van der Waals surface area contributed by atoms with Crippen molar-refractivity contribution in [3.8, 4) is 11.5 Å². The van der Waals surface area contributed by atoms with Crippen molar-refractivity contribution in [3.63, 3.8) is 0 Å². The van der Waals surface area contributed by atoms with Gasteiger partial charge >= 0.3 is 0 Å². The number of hydrogen-bond donors (Lipinski definition) is 2. The molecule has 3 N–H and O–H groups in total. The van der Waals surface area contributed by atoms with Gasteiger partial charge in [0.05, 0.1) is 12.8 Å². The van der Waals surface area contributed by atoms with Crippen LogP contribution in [0.5, 0.6) is 11.5 Å². The Balaban J connectivity index is 1.44. The second kappa shape index (κ2) is 8.78. The van der Waals surface area contributed by atoms with E-state index in [4.69, 9.17) is 15.2 Å². The minimum Gasteiger partial charge on any atom is -0.495 e. The summed E-state index contributed by atoms with van der Waals surface area (Å²) >= 11 is 0. The molecule has 1 heterocycles. The quantitative estimate of drug-likeness (QED) is 0.737. The lowest BCUT2D eigenvalue weighted by atomic mass is 10.2. The van der Waals surface area contributed by atoms with Crippen molar-refractivity contribution in [1.29, 1.82) is 0 Å². The first kappa shape index (κ1) is 18.4. The van der Waals surface area contributed by atoms with Crippen LogP contribution in [0.4, 0.5) is 11.4 Å².